The van der Waals surface area contributed by atoms with Gasteiger partial charge in [0.15, 0.2) is 11.5 Å². The van der Waals surface area contributed by atoms with Crippen LogP contribution in [-0.4, -0.2) is 44.2 Å². The molecule has 1 heterocycles. The second-order valence-electron chi connectivity index (χ2n) is 6.78. The zero-order valence-electron chi connectivity index (χ0n) is 14.7. The molecule has 1 saturated carbocycles. The highest BCUT2D eigenvalue weighted by Crippen LogP contribution is 2.42. The number of nitrogens with zero attached hydrogens (tertiary/aromatic N) is 1. The van der Waals surface area contributed by atoms with Crippen LogP contribution in [0.2, 0.25) is 0 Å². The second-order valence-corrected chi connectivity index (χ2v) is 6.78. The molecular formula is C19H28N2O3. The van der Waals surface area contributed by atoms with Crippen molar-refractivity contribution in [3.05, 3.63) is 23.8 Å². The van der Waals surface area contributed by atoms with E-state index in [0.717, 1.165) is 26.2 Å². The first kappa shape index (κ1) is 17.2. The molecule has 1 aromatic carbocycles. The van der Waals surface area contributed by atoms with Crippen LogP contribution in [0, 0.1) is 5.92 Å². The number of hydrogen-bond donors (Lipinski definition) is 1. The fraction of sp³-hybridized carbons (Fsp3) is 0.632. The van der Waals surface area contributed by atoms with Gasteiger partial charge in [0.2, 0.25) is 0 Å². The lowest BCUT2D eigenvalue weighted by molar-refractivity contribution is -0.132. The number of rotatable bonds is 5. The Hall–Kier alpha value is -1.59. The van der Waals surface area contributed by atoms with Gasteiger partial charge >= 0.3 is 5.97 Å². The van der Waals surface area contributed by atoms with Gasteiger partial charge in [-0.15, -0.1) is 0 Å². The van der Waals surface area contributed by atoms with Gasteiger partial charge in [-0.1, -0.05) is 18.9 Å². The lowest BCUT2D eigenvalue weighted by Gasteiger charge is -2.38. The van der Waals surface area contributed by atoms with E-state index in [1.165, 1.54) is 38.2 Å². The van der Waals surface area contributed by atoms with Crippen LogP contribution in [0.3, 0.4) is 0 Å². The quantitative estimate of drug-likeness (QED) is 0.664. The van der Waals surface area contributed by atoms with Gasteiger partial charge in [0.05, 0.1) is 7.11 Å². The Morgan fingerprint density at radius 3 is 2.54 bits per heavy atom. The summed E-state index contributed by atoms with van der Waals surface area (Å²) in [6.07, 6.45) is 5.25. The highest BCUT2D eigenvalue weighted by Gasteiger charge is 2.32. The molecule has 0 amide bonds. The Labute approximate surface area is 144 Å². The van der Waals surface area contributed by atoms with Crippen LogP contribution < -0.4 is 14.8 Å². The first-order valence-corrected chi connectivity index (χ1v) is 9.00. The number of methoxy groups -OCH3 is 1. The van der Waals surface area contributed by atoms with Crippen LogP contribution in [-0.2, 0) is 4.79 Å². The highest BCUT2D eigenvalue weighted by molar-refractivity contribution is 5.70. The summed E-state index contributed by atoms with van der Waals surface area (Å²) >= 11 is 0. The topological polar surface area (TPSA) is 50.8 Å². The van der Waals surface area contributed by atoms with Gasteiger partial charge in [0.25, 0.3) is 0 Å². The zero-order valence-corrected chi connectivity index (χ0v) is 14.7. The summed E-state index contributed by atoms with van der Waals surface area (Å²) in [5.41, 5.74) is 1.27. The Morgan fingerprint density at radius 2 is 1.92 bits per heavy atom. The van der Waals surface area contributed by atoms with E-state index in [4.69, 9.17) is 9.47 Å². The summed E-state index contributed by atoms with van der Waals surface area (Å²) in [6, 6.07) is 6.46. The van der Waals surface area contributed by atoms with Crippen molar-refractivity contribution in [2.24, 2.45) is 5.92 Å². The van der Waals surface area contributed by atoms with Gasteiger partial charge in [-0.25, -0.2) is 0 Å². The smallest absolute Gasteiger partial charge is 0.308 e. The van der Waals surface area contributed by atoms with Gasteiger partial charge in [0, 0.05) is 39.1 Å². The van der Waals surface area contributed by atoms with E-state index in [0.29, 0.717) is 23.5 Å². The first-order valence-electron chi connectivity index (χ1n) is 9.00. The van der Waals surface area contributed by atoms with E-state index < -0.39 is 0 Å². The van der Waals surface area contributed by atoms with Crippen LogP contribution in [0.25, 0.3) is 0 Å². The molecule has 24 heavy (non-hydrogen) atoms. The van der Waals surface area contributed by atoms with Crippen molar-refractivity contribution in [2.45, 2.75) is 38.6 Å². The number of esters is 1. The molecule has 2 aliphatic rings. The molecule has 5 nitrogen and oxygen atoms in total. The summed E-state index contributed by atoms with van der Waals surface area (Å²) in [5, 5.41) is 3.44. The van der Waals surface area contributed by atoms with E-state index in [2.05, 4.69) is 22.3 Å². The zero-order chi connectivity index (χ0) is 16.9. The Kier molecular flexibility index (Phi) is 5.74. The van der Waals surface area contributed by atoms with E-state index in [1.54, 1.807) is 7.11 Å². The van der Waals surface area contributed by atoms with Crippen molar-refractivity contribution in [3.8, 4) is 11.5 Å². The molecule has 0 bridgehead atoms. The molecule has 1 saturated heterocycles. The third-order valence-corrected chi connectivity index (χ3v) is 5.17. The minimum Gasteiger partial charge on any atom is -0.493 e. The number of nitrogens with one attached hydrogen (secondary N) is 1. The molecule has 0 unspecified atom stereocenters. The summed E-state index contributed by atoms with van der Waals surface area (Å²) < 4.78 is 10.7. The van der Waals surface area contributed by atoms with Crippen LogP contribution in [0.1, 0.15) is 44.2 Å². The molecular weight excluding hydrogens is 304 g/mol. The predicted molar refractivity (Wildman–Crippen MR) is 93.4 cm³/mol. The van der Waals surface area contributed by atoms with Crippen LogP contribution in [0.4, 0.5) is 0 Å². The van der Waals surface area contributed by atoms with Crippen molar-refractivity contribution in [2.75, 3.05) is 33.3 Å². The van der Waals surface area contributed by atoms with Gasteiger partial charge < -0.3 is 14.8 Å². The van der Waals surface area contributed by atoms with Crippen LogP contribution in [0.15, 0.2) is 18.2 Å². The lowest BCUT2D eigenvalue weighted by Crippen LogP contribution is -2.46. The number of carbonyl (C=O) groups excluding carboxylic acids is 1. The maximum Gasteiger partial charge on any atom is 0.308 e. The Balaban J connectivity index is 1.89. The van der Waals surface area contributed by atoms with Crippen molar-refractivity contribution >= 4 is 5.97 Å². The number of hydrogen-bond acceptors (Lipinski definition) is 5. The van der Waals surface area contributed by atoms with Crippen molar-refractivity contribution in [3.63, 3.8) is 0 Å². The molecule has 1 aliphatic heterocycles. The molecule has 1 aromatic rings. The largest absolute Gasteiger partial charge is 0.493 e. The maximum absolute atomic E-state index is 11.3. The molecule has 1 N–H and O–H groups in total. The van der Waals surface area contributed by atoms with Crippen LogP contribution in [0.5, 0.6) is 11.5 Å². The molecule has 1 atom stereocenters. The van der Waals surface area contributed by atoms with E-state index in [9.17, 15) is 4.79 Å². The first-order chi connectivity index (χ1) is 11.7. The number of benzene rings is 1. The SMILES string of the molecule is COc1cc([C@@H](C2CCCC2)N2CCNCC2)ccc1OC(C)=O. The highest BCUT2D eigenvalue weighted by atomic mass is 16.6. The average molecular weight is 332 g/mol. The number of carbonyl (C=O) groups is 1. The Morgan fingerprint density at radius 1 is 1.21 bits per heavy atom. The third-order valence-electron chi connectivity index (χ3n) is 5.17. The van der Waals surface area contributed by atoms with Crippen molar-refractivity contribution in [1.82, 2.24) is 10.2 Å². The van der Waals surface area contributed by atoms with Gasteiger partial charge in [-0.3, -0.25) is 9.69 Å². The van der Waals surface area contributed by atoms with Gasteiger partial charge in [0.1, 0.15) is 0 Å². The van der Waals surface area contributed by atoms with Crippen LogP contribution >= 0.6 is 0 Å². The average Bonchev–Trinajstić information content (AvgIpc) is 3.11. The summed E-state index contributed by atoms with van der Waals surface area (Å²) in [4.78, 5) is 13.9. The normalized spacial score (nSPS) is 20.8. The fourth-order valence-corrected chi connectivity index (χ4v) is 4.12. The number of ether oxygens (including phenoxy) is 2. The minimum absolute atomic E-state index is 0.324. The van der Waals surface area contributed by atoms with Crippen molar-refractivity contribution in [1.29, 1.82) is 0 Å². The van der Waals surface area contributed by atoms with Gasteiger partial charge in [-0.2, -0.15) is 0 Å². The lowest BCUT2D eigenvalue weighted by atomic mass is 9.89. The summed E-state index contributed by atoms with van der Waals surface area (Å²) in [6.45, 7) is 5.66. The van der Waals surface area contributed by atoms with E-state index >= 15 is 0 Å². The Bertz CT molecular complexity index is 564. The molecule has 132 valence electrons. The molecule has 2 fully saturated rings. The van der Waals surface area contributed by atoms with E-state index in [-0.39, 0.29) is 5.97 Å². The predicted octanol–water partition coefficient (Wildman–Crippen LogP) is 2.76. The fourth-order valence-electron chi connectivity index (χ4n) is 4.12. The minimum atomic E-state index is -0.324. The molecule has 5 heteroatoms. The third kappa shape index (κ3) is 3.90. The maximum atomic E-state index is 11.3. The van der Waals surface area contributed by atoms with E-state index in [1.807, 2.05) is 6.07 Å². The number of piperazine rings is 1. The molecule has 1 aliphatic carbocycles. The summed E-state index contributed by atoms with van der Waals surface area (Å²) in [5.74, 6) is 1.52. The summed E-state index contributed by atoms with van der Waals surface area (Å²) in [7, 11) is 1.63. The second kappa shape index (κ2) is 7.99. The molecule has 0 spiro atoms. The standard InChI is InChI=1S/C19H28N2O3/c1-14(22)24-17-8-7-16(13-18(17)23-2)19(15-5-3-4-6-15)21-11-9-20-10-12-21/h7-8,13,15,19-20H,3-6,9-12H2,1-2H3/t19-/m1/s1. The van der Waals surface area contributed by atoms with Crippen molar-refractivity contribution < 1.29 is 14.3 Å². The molecule has 0 radical (unpaired) electrons. The monoisotopic (exact) mass is 332 g/mol. The molecule has 3 rings (SSSR count). The van der Waals surface area contributed by atoms with Gasteiger partial charge in [-0.05, 0) is 36.5 Å². The molecule has 0 aromatic heterocycles.